The zero-order chi connectivity index (χ0) is 20.6. The second-order valence-corrected chi connectivity index (χ2v) is 9.98. The molecule has 1 aliphatic heterocycles. The highest BCUT2D eigenvalue weighted by Crippen LogP contribution is 2.37. The summed E-state index contributed by atoms with van der Waals surface area (Å²) in [6.07, 6.45) is 0. The van der Waals surface area contributed by atoms with Crippen LogP contribution in [-0.2, 0) is 14.8 Å². The Morgan fingerprint density at radius 1 is 1.03 bits per heavy atom. The van der Waals surface area contributed by atoms with Crippen LogP contribution in [0.5, 0.6) is 0 Å². The maximum atomic E-state index is 13.5. The molecule has 0 aliphatic carbocycles. The first kappa shape index (κ1) is 20.2. The smallest absolute Gasteiger partial charge is 0.349 e. The van der Waals surface area contributed by atoms with Crippen molar-refractivity contribution < 1.29 is 17.9 Å². The van der Waals surface area contributed by atoms with Gasteiger partial charge in [0.1, 0.15) is 9.77 Å². The molecule has 0 bridgehead atoms. The molecule has 0 saturated carbocycles. The summed E-state index contributed by atoms with van der Waals surface area (Å²) < 4.78 is 34.0. The number of hydrogen-bond acceptors (Lipinski definition) is 6. The lowest BCUT2D eigenvalue weighted by atomic mass is 10.2. The summed E-state index contributed by atoms with van der Waals surface area (Å²) in [5.74, 6) is -0.635. The molecule has 0 N–H and O–H groups in total. The van der Waals surface area contributed by atoms with Gasteiger partial charge in [-0.2, -0.15) is 4.31 Å². The number of anilines is 1. The molecule has 3 aromatic rings. The molecule has 0 unspecified atom stereocenters. The Morgan fingerprint density at radius 2 is 1.69 bits per heavy atom. The van der Waals surface area contributed by atoms with Gasteiger partial charge in [0.2, 0.25) is 10.0 Å². The number of ether oxygens (including phenoxy) is 1. The Balaban J connectivity index is 1.64. The van der Waals surface area contributed by atoms with Crippen molar-refractivity contribution in [3.05, 3.63) is 58.4 Å². The van der Waals surface area contributed by atoms with E-state index in [0.717, 1.165) is 21.7 Å². The fourth-order valence-corrected chi connectivity index (χ4v) is 6.80. The van der Waals surface area contributed by atoms with E-state index in [1.165, 1.54) is 11.4 Å². The zero-order valence-corrected chi connectivity index (χ0v) is 18.1. The Morgan fingerprint density at radius 3 is 2.34 bits per heavy atom. The minimum atomic E-state index is -3.85. The van der Waals surface area contributed by atoms with Crippen LogP contribution in [0, 0.1) is 0 Å². The molecule has 2 aromatic carbocycles. The molecule has 29 heavy (non-hydrogen) atoms. The number of nitrogens with zero attached hydrogens (tertiary/aromatic N) is 2. The van der Waals surface area contributed by atoms with Crippen LogP contribution in [0.4, 0.5) is 5.69 Å². The number of rotatable bonds is 4. The van der Waals surface area contributed by atoms with E-state index in [4.69, 9.17) is 16.3 Å². The van der Waals surface area contributed by atoms with Crippen LogP contribution in [0.3, 0.4) is 0 Å². The predicted molar refractivity (Wildman–Crippen MR) is 116 cm³/mol. The molecule has 0 atom stereocenters. The molecule has 0 radical (unpaired) electrons. The number of methoxy groups -OCH3 is 1. The van der Waals surface area contributed by atoms with E-state index in [1.807, 2.05) is 36.4 Å². The van der Waals surface area contributed by atoms with Gasteiger partial charge in [0.05, 0.1) is 7.11 Å². The van der Waals surface area contributed by atoms with Gasteiger partial charge >= 0.3 is 5.97 Å². The van der Waals surface area contributed by atoms with Crippen molar-refractivity contribution in [2.75, 3.05) is 38.2 Å². The molecule has 1 aromatic heterocycles. The van der Waals surface area contributed by atoms with E-state index in [2.05, 4.69) is 4.90 Å². The fraction of sp³-hybridized carbons (Fsp3) is 0.250. The Bertz CT molecular complexity index is 1150. The van der Waals surface area contributed by atoms with Gasteiger partial charge in [-0.05, 0) is 30.3 Å². The number of sulfonamides is 1. The van der Waals surface area contributed by atoms with Crippen LogP contribution < -0.4 is 4.90 Å². The van der Waals surface area contributed by atoms with Crippen LogP contribution in [0.2, 0.25) is 5.02 Å². The fourth-order valence-electron chi connectivity index (χ4n) is 3.47. The molecule has 1 saturated heterocycles. The second-order valence-electron chi connectivity index (χ2n) is 6.62. The monoisotopic (exact) mass is 450 g/mol. The maximum Gasteiger partial charge on any atom is 0.349 e. The Kier molecular flexibility index (Phi) is 5.52. The van der Waals surface area contributed by atoms with Gasteiger partial charge in [0.15, 0.2) is 0 Å². The zero-order valence-electron chi connectivity index (χ0n) is 15.7. The first-order valence-corrected chi connectivity index (χ1v) is 11.7. The largest absolute Gasteiger partial charge is 0.465 e. The number of hydrogen-bond donors (Lipinski definition) is 0. The highest BCUT2D eigenvalue weighted by molar-refractivity contribution is 7.89. The maximum absolute atomic E-state index is 13.5. The van der Waals surface area contributed by atoms with E-state index in [-0.39, 0.29) is 9.77 Å². The summed E-state index contributed by atoms with van der Waals surface area (Å²) in [4.78, 5) is 14.6. The number of thiophene rings is 1. The summed E-state index contributed by atoms with van der Waals surface area (Å²) in [7, 11) is -2.59. The van der Waals surface area contributed by atoms with Crippen molar-refractivity contribution in [2.24, 2.45) is 0 Å². The minimum Gasteiger partial charge on any atom is -0.465 e. The van der Waals surface area contributed by atoms with Crippen LogP contribution in [0.15, 0.2) is 53.4 Å². The van der Waals surface area contributed by atoms with Gasteiger partial charge in [-0.3, -0.25) is 0 Å². The molecule has 0 spiro atoms. The SMILES string of the molecule is COC(=O)c1sc2ccccc2c1S(=O)(=O)N1CCN(c2ccc(Cl)cc2)CC1. The van der Waals surface area contributed by atoms with Crippen molar-refractivity contribution >= 4 is 54.7 Å². The average molecular weight is 451 g/mol. The van der Waals surface area contributed by atoms with E-state index >= 15 is 0 Å². The summed E-state index contributed by atoms with van der Waals surface area (Å²) in [6, 6.07) is 14.6. The van der Waals surface area contributed by atoms with E-state index < -0.39 is 16.0 Å². The van der Waals surface area contributed by atoms with Crippen molar-refractivity contribution in [1.82, 2.24) is 4.31 Å². The lowest BCUT2D eigenvalue weighted by molar-refractivity contribution is 0.0602. The molecule has 9 heteroatoms. The number of fused-ring (bicyclic) bond motifs is 1. The molecule has 6 nitrogen and oxygen atoms in total. The van der Waals surface area contributed by atoms with Crippen molar-refractivity contribution in [1.29, 1.82) is 0 Å². The highest BCUT2D eigenvalue weighted by Gasteiger charge is 2.35. The number of carbonyl (C=O) groups excluding carboxylic acids is 1. The van der Waals surface area contributed by atoms with Gasteiger partial charge < -0.3 is 9.64 Å². The van der Waals surface area contributed by atoms with Gasteiger partial charge in [-0.25, -0.2) is 13.2 Å². The molecular weight excluding hydrogens is 432 g/mol. The molecule has 2 heterocycles. The molecule has 0 amide bonds. The van der Waals surface area contributed by atoms with Gasteiger partial charge in [-0.1, -0.05) is 29.8 Å². The van der Waals surface area contributed by atoms with Gasteiger partial charge in [0, 0.05) is 47.0 Å². The van der Waals surface area contributed by atoms with Gasteiger partial charge in [0.25, 0.3) is 0 Å². The topological polar surface area (TPSA) is 66.9 Å². The third kappa shape index (κ3) is 3.73. The third-order valence-electron chi connectivity index (χ3n) is 4.95. The highest BCUT2D eigenvalue weighted by atomic mass is 35.5. The first-order chi connectivity index (χ1) is 13.9. The first-order valence-electron chi connectivity index (χ1n) is 9.02. The molecule has 1 aliphatic rings. The van der Waals surface area contributed by atoms with Crippen molar-refractivity contribution in [3.8, 4) is 0 Å². The van der Waals surface area contributed by atoms with E-state index in [0.29, 0.717) is 36.6 Å². The minimum absolute atomic E-state index is 0.0462. The summed E-state index contributed by atoms with van der Waals surface area (Å²) in [5, 5.41) is 1.22. The second kappa shape index (κ2) is 7.95. The number of benzene rings is 2. The van der Waals surface area contributed by atoms with Crippen LogP contribution >= 0.6 is 22.9 Å². The Labute approximate surface area is 178 Å². The van der Waals surface area contributed by atoms with Crippen molar-refractivity contribution in [2.45, 2.75) is 4.90 Å². The normalized spacial score (nSPS) is 15.6. The van der Waals surface area contributed by atoms with Crippen LogP contribution in [0.1, 0.15) is 9.67 Å². The summed E-state index contributed by atoms with van der Waals surface area (Å²) >= 11 is 7.09. The molecule has 4 rings (SSSR count). The quantitative estimate of drug-likeness (QED) is 0.565. The number of carbonyl (C=O) groups is 1. The summed E-state index contributed by atoms with van der Waals surface area (Å²) in [5.41, 5.74) is 1.00. The molecular formula is C20H19ClN2O4S2. The third-order valence-corrected chi connectivity index (χ3v) is 8.47. The van der Waals surface area contributed by atoms with E-state index in [1.54, 1.807) is 12.1 Å². The Hall–Kier alpha value is -2.13. The lowest BCUT2D eigenvalue weighted by Gasteiger charge is -2.35. The van der Waals surface area contributed by atoms with Crippen LogP contribution in [0.25, 0.3) is 10.1 Å². The standard InChI is InChI=1S/C20H19ClN2O4S2/c1-27-20(24)18-19(16-4-2-3-5-17(16)28-18)29(25,26)23-12-10-22(11-13-23)15-8-6-14(21)7-9-15/h2-9H,10-13H2,1H3. The molecule has 1 fully saturated rings. The average Bonchev–Trinajstić information content (AvgIpc) is 3.14. The predicted octanol–water partition coefficient (Wildman–Crippen LogP) is 3.85. The van der Waals surface area contributed by atoms with Crippen molar-refractivity contribution in [3.63, 3.8) is 0 Å². The molecule has 152 valence electrons. The summed E-state index contributed by atoms with van der Waals surface area (Å²) in [6.45, 7) is 1.76. The number of esters is 1. The number of piperazine rings is 1. The van der Waals surface area contributed by atoms with Crippen LogP contribution in [-0.4, -0.2) is 52.0 Å². The van der Waals surface area contributed by atoms with E-state index in [9.17, 15) is 13.2 Å². The lowest BCUT2D eigenvalue weighted by Crippen LogP contribution is -2.48. The van der Waals surface area contributed by atoms with Gasteiger partial charge in [-0.15, -0.1) is 11.3 Å². The number of halogens is 1.